The summed E-state index contributed by atoms with van der Waals surface area (Å²) in [6.07, 6.45) is -0.116. The van der Waals surface area contributed by atoms with E-state index in [1.165, 1.54) is 18.2 Å². The van der Waals surface area contributed by atoms with Crippen LogP contribution >= 0.6 is 0 Å². The van der Waals surface area contributed by atoms with Gasteiger partial charge in [0.15, 0.2) is 11.6 Å². The molecule has 0 aliphatic rings. The van der Waals surface area contributed by atoms with Crippen LogP contribution in [0.15, 0.2) is 30.4 Å². The molecular weight excluding hydrogens is 187 g/mol. The Kier molecular flexibility index (Phi) is 2.86. The summed E-state index contributed by atoms with van der Waals surface area (Å²) < 4.78 is 13.1. The number of aromatic hydroxyl groups is 1. The first-order valence-corrected chi connectivity index (χ1v) is 3.89. The summed E-state index contributed by atoms with van der Waals surface area (Å²) >= 11 is 0. The molecule has 1 aromatic carbocycles. The zero-order valence-corrected chi connectivity index (χ0v) is 7.33. The predicted molar refractivity (Wildman–Crippen MR) is 48.5 cm³/mol. The van der Waals surface area contributed by atoms with Crippen LogP contribution in [0, 0.1) is 5.82 Å². The average Bonchev–Trinajstić information content (AvgIpc) is 2.12. The molecule has 0 saturated heterocycles. The highest BCUT2D eigenvalue weighted by Gasteiger charge is 2.11. The van der Waals surface area contributed by atoms with Crippen molar-refractivity contribution in [3.05, 3.63) is 41.7 Å². The van der Waals surface area contributed by atoms with Crippen molar-refractivity contribution in [2.24, 2.45) is 0 Å². The summed E-state index contributed by atoms with van der Waals surface area (Å²) in [6.45, 7) is 3.27. The van der Waals surface area contributed by atoms with Gasteiger partial charge >= 0.3 is 5.97 Å². The number of phenols is 1. The fraction of sp³-hybridized carbons (Fsp3) is 0.100. The lowest BCUT2D eigenvalue weighted by Crippen LogP contribution is -2.03. The largest absolute Gasteiger partial charge is 0.505 e. The highest BCUT2D eigenvalue weighted by Crippen LogP contribution is 2.20. The minimum Gasteiger partial charge on any atom is -0.505 e. The van der Waals surface area contributed by atoms with E-state index in [9.17, 15) is 9.18 Å². The first kappa shape index (κ1) is 10.2. The van der Waals surface area contributed by atoms with Crippen LogP contribution in [0.3, 0.4) is 0 Å². The molecule has 0 aliphatic heterocycles. The van der Waals surface area contributed by atoms with Crippen molar-refractivity contribution in [2.75, 3.05) is 0 Å². The van der Waals surface area contributed by atoms with Gasteiger partial charge in [0, 0.05) is 12.0 Å². The van der Waals surface area contributed by atoms with Crippen LogP contribution in [0.25, 0.3) is 0 Å². The van der Waals surface area contributed by atoms with Gasteiger partial charge in [-0.1, -0.05) is 18.7 Å². The zero-order chi connectivity index (χ0) is 10.7. The normalized spacial score (nSPS) is 9.79. The Bertz CT molecular complexity index is 385. The standard InChI is InChI=1S/C10H9FO3/c1-6(10(13)14)5-7-3-2-4-8(12)9(7)11/h2-4,12H,1,5H2,(H,13,14). The van der Waals surface area contributed by atoms with Crippen LogP contribution in [0.2, 0.25) is 0 Å². The number of hydrogen-bond acceptors (Lipinski definition) is 2. The maximum atomic E-state index is 13.1. The zero-order valence-electron chi connectivity index (χ0n) is 7.33. The molecule has 3 nitrogen and oxygen atoms in total. The number of phenolic OH excluding ortho intramolecular Hbond substituents is 1. The molecule has 4 heteroatoms. The number of carbonyl (C=O) groups is 1. The minimum atomic E-state index is -1.17. The van der Waals surface area contributed by atoms with E-state index in [-0.39, 0.29) is 17.6 Å². The molecule has 0 spiro atoms. The molecule has 0 saturated carbocycles. The van der Waals surface area contributed by atoms with Crippen molar-refractivity contribution in [1.29, 1.82) is 0 Å². The molecule has 0 aromatic heterocycles. The maximum Gasteiger partial charge on any atom is 0.331 e. The number of rotatable bonds is 3. The Morgan fingerprint density at radius 3 is 2.71 bits per heavy atom. The summed E-state index contributed by atoms with van der Waals surface area (Å²) in [5.41, 5.74) is 0.00639. The van der Waals surface area contributed by atoms with Gasteiger partial charge in [0.1, 0.15) is 0 Å². The first-order valence-electron chi connectivity index (χ1n) is 3.89. The number of hydrogen-bond donors (Lipinski definition) is 2. The van der Waals surface area contributed by atoms with Gasteiger partial charge in [0.05, 0.1) is 0 Å². The number of halogens is 1. The van der Waals surface area contributed by atoms with Crippen LogP contribution in [-0.4, -0.2) is 16.2 Å². The third-order valence-electron chi connectivity index (χ3n) is 1.76. The van der Waals surface area contributed by atoms with Gasteiger partial charge in [-0.3, -0.25) is 0 Å². The van der Waals surface area contributed by atoms with Gasteiger partial charge in [-0.25, -0.2) is 9.18 Å². The fourth-order valence-corrected chi connectivity index (χ4v) is 1.01. The van der Waals surface area contributed by atoms with Gasteiger partial charge in [-0.05, 0) is 11.6 Å². The third-order valence-corrected chi connectivity index (χ3v) is 1.76. The van der Waals surface area contributed by atoms with Crippen LogP contribution in [0.4, 0.5) is 4.39 Å². The Morgan fingerprint density at radius 1 is 1.50 bits per heavy atom. The smallest absolute Gasteiger partial charge is 0.331 e. The summed E-state index contributed by atoms with van der Waals surface area (Å²) in [5, 5.41) is 17.5. The fourth-order valence-electron chi connectivity index (χ4n) is 1.01. The molecule has 2 N–H and O–H groups in total. The molecule has 0 bridgehead atoms. The molecule has 0 fully saturated rings. The number of carboxylic acid groups (broad SMARTS) is 1. The quantitative estimate of drug-likeness (QED) is 0.723. The summed E-state index contributed by atoms with van der Waals surface area (Å²) in [5.74, 6) is -2.46. The Morgan fingerprint density at radius 2 is 2.14 bits per heavy atom. The molecule has 1 rings (SSSR count). The van der Waals surface area contributed by atoms with Gasteiger partial charge in [0.25, 0.3) is 0 Å². The second-order valence-electron chi connectivity index (χ2n) is 2.84. The lowest BCUT2D eigenvalue weighted by Gasteiger charge is -2.03. The Balaban J connectivity index is 2.93. The predicted octanol–water partition coefficient (Wildman–Crippen LogP) is 1.71. The number of carboxylic acids is 1. The molecule has 0 atom stereocenters. The van der Waals surface area contributed by atoms with E-state index in [0.29, 0.717) is 0 Å². The highest BCUT2D eigenvalue weighted by atomic mass is 19.1. The highest BCUT2D eigenvalue weighted by molar-refractivity contribution is 5.86. The van der Waals surface area contributed by atoms with E-state index in [2.05, 4.69) is 6.58 Å². The Labute approximate surface area is 80.1 Å². The molecule has 0 amide bonds. The molecule has 1 aromatic rings. The molecule has 0 radical (unpaired) electrons. The van der Waals surface area contributed by atoms with Gasteiger partial charge in [0.2, 0.25) is 0 Å². The van der Waals surface area contributed by atoms with E-state index in [4.69, 9.17) is 10.2 Å². The van der Waals surface area contributed by atoms with E-state index < -0.39 is 17.5 Å². The molecule has 0 aliphatic carbocycles. The SMILES string of the molecule is C=C(Cc1cccc(O)c1F)C(=O)O. The van der Waals surface area contributed by atoms with Crippen molar-refractivity contribution in [2.45, 2.75) is 6.42 Å². The monoisotopic (exact) mass is 196 g/mol. The summed E-state index contributed by atoms with van der Waals surface area (Å²) in [7, 11) is 0. The van der Waals surface area contributed by atoms with Gasteiger partial charge < -0.3 is 10.2 Å². The second-order valence-corrected chi connectivity index (χ2v) is 2.84. The minimum absolute atomic E-state index is 0.116. The van der Waals surface area contributed by atoms with Crippen molar-refractivity contribution in [3.8, 4) is 5.75 Å². The van der Waals surface area contributed by atoms with Gasteiger partial charge in [-0.15, -0.1) is 0 Å². The van der Waals surface area contributed by atoms with E-state index in [0.717, 1.165) is 0 Å². The van der Waals surface area contributed by atoms with Crippen molar-refractivity contribution in [1.82, 2.24) is 0 Å². The molecular formula is C10H9FO3. The van der Waals surface area contributed by atoms with Gasteiger partial charge in [-0.2, -0.15) is 0 Å². The topological polar surface area (TPSA) is 57.5 Å². The third kappa shape index (κ3) is 2.10. The van der Waals surface area contributed by atoms with E-state index in [1.807, 2.05) is 0 Å². The van der Waals surface area contributed by atoms with Crippen LogP contribution in [-0.2, 0) is 11.2 Å². The van der Waals surface area contributed by atoms with Crippen molar-refractivity contribution in [3.63, 3.8) is 0 Å². The van der Waals surface area contributed by atoms with Crippen molar-refractivity contribution < 1.29 is 19.4 Å². The average molecular weight is 196 g/mol. The maximum absolute atomic E-state index is 13.1. The van der Waals surface area contributed by atoms with E-state index in [1.54, 1.807) is 0 Å². The molecule has 74 valence electrons. The lowest BCUT2D eigenvalue weighted by molar-refractivity contribution is -0.132. The first-order chi connectivity index (χ1) is 6.52. The van der Waals surface area contributed by atoms with Crippen LogP contribution < -0.4 is 0 Å². The Hall–Kier alpha value is -1.84. The molecule has 14 heavy (non-hydrogen) atoms. The van der Waals surface area contributed by atoms with Crippen LogP contribution in [0.5, 0.6) is 5.75 Å². The molecule has 0 unspecified atom stereocenters. The molecule has 0 heterocycles. The summed E-state index contributed by atoms with van der Waals surface area (Å²) in [6, 6.07) is 4.05. The second kappa shape index (κ2) is 3.91. The summed E-state index contributed by atoms with van der Waals surface area (Å²) in [4.78, 5) is 10.4. The number of benzene rings is 1. The van der Waals surface area contributed by atoms with Crippen LogP contribution in [0.1, 0.15) is 5.56 Å². The van der Waals surface area contributed by atoms with Crippen molar-refractivity contribution >= 4 is 5.97 Å². The lowest BCUT2D eigenvalue weighted by atomic mass is 10.1. The van der Waals surface area contributed by atoms with E-state index >= 15 is 0 Å². The number of aliphatic carboxylic acids is 1.